The topological polar surface area (TPSA) is 66.8 Å². The van der Waals surface area contributed by atoms with E-state index in [1.807, 2.05) is 6.92 Å². The molecule has 0 heterocycles. The molecule has 1 atom stereocenters. The van der Waals surface area contributed by atoms with Crippen LogP contribution in [0.1, 0.15) is 39.5 Å². The van der Waals surface area contributed by atoms with E-state index in [2.05, 4.69) is 0 Å². The third-order valence-electron chi connectivity index (χ3n) is 2.21. The molecule has 0 rings (SSSR count). The zero-order valence-corrected chi connectivity index (χ0v) is 10.1. The zero-order valence-electron chi connectivity index (χ0n) is 10.1. The van der Waals surface area contributed by atoms with Gasteiger partial charge in [0.2, 0.25) is 0 Å². The summed E-state index contributed by atoms with van der Waals surface area (Å²) in [6.45, 7) is 3.94. The maximum Gasteiger partial charge on any atom is 0.333 e. The van der Waals surface area contributed by atoms with E-state index in [1.165, 1.54) is 0 Å². The zero-order chi connectivity index (χ0) is 12.4. The third-order valence-corrected chi connectivity index (χ3v) is 2.21. The molecule has 0 spiro atoms. The van der Waals surface area contributed by atoms with E-state index < -0.39 is 6.10 Å². The van der Waals surface area contributed by atoms with Crippen LogP contribution in [0.15, 0.2) is 11.6 Å². The minimum atomic E-state index is -0.708. The lowest BCUT2D eigenvalue weighted by molar-refractivity contribution is -0.139. The van der Waals surface area contributed by atoms with Gasteiger partial charge >= 0.3 is 5.97 Å². The van der Waals surface area contributed by atoms with E-state index in [0.717, 1.165) is 12.8 Å². The van der Waals surface area contributed by atoms with Gasteiger partial charge in [-0.15, -0.1) is 0 Å². The number of rotatable bonds is 8. The van der Waals surface area contributed by atoms with Crippen LogP contribution in [-0.4, -0.2) is 35.5 Å². The first-order valence-corrected chi connectivity index (χ1v) is 5.74. The Morgan fingerprint density at radius 2 is 2.19 bits per heavy atom. The monoisotopic (exact) mass is 230 g/mol. The van der Waals surface area contributed by atoms with Crippen molar-refractivity contribution in [3.05, 3.63) is 11.6 Å². The number of hydrogen-bond acceptors (Lipinski definition) is 4. The molecule has 0 aromatic heterocycles. The van der Waals surface area contributed by atoms with E-state index in [9.17, 15) is 4.79 Å². The van der Waals surface area contributed by atoms with Crippen molar-refractivity contribution in [2.45, 2.75) is 45.6 Å². The fourth-order valence-electron chi connectivity index (χ4n) is 1.09. The van der Waals surface area contributed by atoms with Crippen molar-refractivity contribution in [2.24, 2.45) is 0 Å². The molecule has 0 saturated carbocycles. The average Bonchev–Trinajstić information content (AvgIpc) is 2.28. The Morgan fingerprint density at radius 1 is 1.50 bits per heavy atom. The van der Waals surface area contributed by atoms with Gasteiger partial charge in [0.1, 0.15) is 0 Å². The number of esters is 1. The molecule has 0 amide bonds. The summed E-state index contributed by atoms with van der Waals surface area (Å²) in [5, 5.41) is 17.7. The molecule has 0 saturated heterocycles. The number of unbranched alkanes of at least 4 members (excludes halogenated alkanes) is 1. The summed E-state index contributed by atoms with van der Waals surface area (Å²) in [7, 11) is 0. The van der Waals surface area contributed by atoms with Crippen LogP contribution in [0.2, 0.25) is 0 Å². The Bertz CT molecular complexity index is 223. The number of carbonyl (C=O) groups excluding carboxylic acids is 1. The van der Waals surface area contributed by atoms with Crippen molar-refractivity contribution in [3.8, 4) is 0 Å². The highest BCUT2D eigenvalue weighted by Gasteiger charge is 2.05. The molecule has 0 aromatic rings. The number of hydrogen-bond donors (Lipinski definition) is 2. The summed E-state index contributed by atoms with van der Waals surface area (Å²) < 4.78 is 5.01. The Hall–Kier alpha value is -0.870. The third kappa shape index (κ3) is 7.43. The van der Waals surface area contributed by atoms with Crippen molar-refractivity contribution >= 4 is 5.97 Å². The van der Waals surface area contributed by atoms with Crippen LogP contribution in [0.4, 0.5) is 0 Å². The maximum atomic E-state index is 11.4. The first-order chi connectivity index (χ1) is 7.61. The quantitative estimate of drug-likeness (QED) is 0.376. The smallest absolute Gasteiger partial charge is 0.333 e. The predicted molar refractivity (Wildman–Crippen MR) is 62.0 cm³/mol. The number of ether oxygens (including phenoxy) is 1. The first kappa shape index (κ1) is 15.1. The highest BCUT2D eigenvalue weighted by atomic mass is 16.5. The molecule has 16 heavy (non-hydrogen) atoms. The van der Waals surface area contributed by atoms with Crippen molar-refractivity contribution in [1.82, 2.24) is 0 Å². The molecule has 0 aliphatic rings. The van der Waals surface area contributed by atoms with E-state index in [1.54, 1.807) is 13.0 Å². The first-order valence-electron chi connectivity index (χ1n) is 5.74. The van der Waals surface area contributed by atoms with Gasteiger partial charge in [-0.05, 0) is 26.2 Å². The highest BCUT2D eigenvalue weighted by molar-refractivity contribution is 5.87. The second kappa shape index (κ2) is 9.36. The average molecular weight is 230 g/mol. The molecular formula is C12H22O4. The Balaban J connectivity index is 3.79. The van der Waals surface area contributed by atoms with Crippen LogP contribution in [-0.2, 0) is 9.53 Å². The molecule has 2 N–H and O–H groups in total. The van der Waals surface area contributed by atoms with Crippen LogP contribution in [0, 0.1) is 0 Å². The number of aliphatic hydroxyl groups excluding tert-OH is 2. The van der Waals surface area contributed by atoms with Crippen LogP contribution in [0.25, 0.3) is 0 Å². The number of aliphatic hydroxyl groups is 2. The number of allylic oxidation sites excluding steroid dienone is 1. The summed E-state index contributed by atoms with van der Waals surface area (Å²) in [6, 6.07) is 0. The lowest BCUT2D eigenvalue weighted by Crippen LogP contribution is -2.11. The molecule has 4 heteroatoms. The normalized spacial score (nSPS) is 13.6. The van der Waals surface area contributed by atoms with Crippen molar-refractivity contribution in [2.75, 3.05) is 13.2 Å². The van der Waals surface area contributed by atoms with Gasteiger partial charge in [0.15, 0.2) is 0 Å². The summed E-state index contributed by atoms with van der Waals surface area (Å²) in [5.74, 6) is -0.299. The minimum absolute atomic E-state index is 0.242. The SMILES string of the molecule is CCCCOC(=O)/C(C)=C/CCC(O)CO. The molecular weight excluding hydrogens is 208 g/mol. The summed E-state index contributed by atoms with van der Waals surface area (Å²) >= 11 is 0. The van der Waals surface area contributed by atoms with Crippen LogP contribution in [0.3, 0.4) is 0 Å². The molecule has 0 aromatic carbocycles. The van der Waals surface area contributed by atoms with Gasteiger partial charge in [0.05, 0.1) is 19.3 Å². The largest absolute Gasteiger partial charge is 0.462 e. The van der Waals surface area contributed by atoms with Crippen LogP contribution < -0.4 is 0 Å². The fraction of sp³-hybridized carbons (Fsp3) is 0.750. The highest BCUT2D eigenvalue weighted by Crippen LogP contribution is 2.04. The van der Waals surface area contributed by atoms with Gasteiger partial charge in [0, 0.05) is 5.57 Å². The Labute approximate surface area is 96.9 Å². The molecule has 0 aliphatic carbocycles. The maximum absolute atomic E-state index is 11.4. The van der Waals surface area contributed by atoms with Gasteiger partial charge in [-0.3, -0.25) is 0 Å². The van der Waals surface area contributed by atoms with Crippen LogP contribution >= 0.6 is 0 Å². The van der Waals surface area contributed by atoms with Crippen molar-refractivity contribution < 1.29 is 19.7 Å². The second-order valence-electron chi connectivity index (χ2n) is 3.79. The molecule has 1 unspecified atom stereocenters. The van der Waals surface area contributed by atoms with Crippen LogP contribution in [0.5, 0.6) is 0 Å². The summed E-state index contributed by atoms with van der Waals surface area (Å²) in [6.07, 6.45) is 3.92. The summed E-state index contributed by atoms with van der Waals surface area (Å²) in [5.41, 5.74) is 0.557. The van der Waals surface area contributed by atoms with Gasteiger partial charge in [0.25, 0.3) is 0 Å². The van der Waals surface area contributed by atoms with E-state index in [4.69, 9.17) is 14.9 Å². The van der Waals surface area contributed by atoms with Gasteiger partial charge in [-0.1, -0.05) is 19.4 Å². The van der Waals surface area contributed by atoms with Crippen molar-refractivity contribution in [3.63, 3.8) is 0 Å². The Morgan fingerprint density at radius 3 is 2.75 bits per heavy atom. The Kier molecular flexibility index (Phi) is 8.85. The molecule has 0 fully saturated rings. The molecule has 0 radical (unpaired) electrons. The van der Waals surface area contributed by atoms with E-state index in [-0.39, 0.29) is 12.6 Å². The number of carbonyl (C=O) groups is 1. The summed E-state index contributed by atoms with van der Waals surface area (Å²) in [4.78, 5) is 11.4. The van der Waals surface area contributed by atoms with Gasteiger partial charge in [-0.25, -0.2) is 4.79 Å². The molecule has 4 nitrogen and oxygen atoms in total. The van der Waals surface area contributed by atoms with Gasteiger partial charge in [-0.2, -0.15) is 0 Å². The predicted octanol–water partition coefficient (Wildman–Crippen LogP) is 1.41. The van der Waals surface area contributed by atoms with Gasteiger partial charge < -0.3 is 14.9 Å². The molecule has 0 aliphatic heterocycles. The molecule has 94 valence electrons. The fourth-order valence-corrected chi connectivity index (χ4v) is 1.09. The second-order valence-corrected chi connectivity index (χ2v) is 3.79. The van der Waals surface area contributed by atoms with Crippen molar-refractivity contribution in [1.29, 1.82) is 0 Å². The van der Waals surface area contributed by atoms with E-state index in [0.29, 0.717) is 25.0 Å². The standard InChI is InChI=1S/C12H22O4/c1-3-4-8-16-12(15)10(2)6-5-7-11(14)9-13/h6,11,13-14H,3-5,7-9H2,1-2H3/b10-6+. The molecule has 0 bridgehead atoms. The lowest BCUT2D eigenvalue weighted by Gasteiger charge is -2.05. The minimum Gasteiger partial charge on any atom is -0.462 e. The van der Waals surface area contributed by atoms with E-state index >= 15 is 0 Å². The lowest BCUT2D eigenvalue weighted by atomic mass is 10.1.